The fraction of sp³-hybridized carbons (Fsp3) is 0.300. The summed E-state index contributed by atoms with van der Waals surface area (Å²) in [6.45, 7) is -0.154. The second-order valence-electron chi connectivity index (χ2n) is 3.29. The Bertz CT molecular complexity index is 436. The molecule has 0 unspecified atom stereocenters. The summed E-state index contributed by atoms with van der Waals surface area (Å²) in [5.74, 6) is -1.18. The van der Waals surface area contributed by atoms with Crippen LogP contribution in [0.25, 0.3) is 0 Å². The van der Waals surface area contributed by atoms with Gasteiger partial charge in [0.05, 0.1) is 4.92 Å². The molecule has 0 aliphatic rings. The number of nitrogens with zero attached hydrogens (tertiary/aromatic N) is 1. The van der Waals surface area contributed by atoms with E-state index in [1.54, 1.807) is 0 Å². The fourth-order valence-corrected chi connectivity index (χ4v) is 1.22. The number of rotatable bonds is 5. The number of anilines is 1. The van der Waals surface area contributed by atoms with Crippen molar-refractivity contribution in [2.45, 2.75) is 12.8 Å². The standard InChI is InChI=1S/C10H11FN2O4/c11-7-3-4-9(13(16)17)8(6-7)12-10(15)2-1-5-14/h3-4,6,14H,1-2,5H2,(H,12,15). The van der Waals surface area contributed by atoms with Gasteiger partial charge in [-0.15, -0.1) is 0 Å². The quantitative estimate of drug-likeness (QED) is 0.603. The summed E-state index contributed by atoms with van der Waals surface area (Å²) in [6, 6.07) is 2.81. The average molecular weight is 242 g/mol. The van der Waals surface area contributed by atoms with E-state index in [4.69, 9.17) is 5.11 Å². The lowest BCUT2D eigenvalue weighted by Crippen LogP contribution is -2.13. The maximum Gasteiger partial charge on any atom is 0.292 e. The lowest BCUT2D eigenvalue weighted by molar-refractivity contribution is -0.384. The number of nitro benzene ring substituents is 1. The first-order chi connectivity index (χ1) is 8.04. The van der Waals surface area contributed by atoms with Crippen molar-refractivity contribution in [3.05, 3.63) is 34.1 Å². The van der Waals surface area contributed by atoms with Crippen LogP contribution in [0.5, 0.6) is 0 Å². The van der Waals surface area contributed by atoms with E-state index in [1.165, 1.54) is 0 Å². The van der Waals surface area contributed by atoms with E-state index in [0.717, 1.165) is 18.2 Å². The van der Waals surface area contributed by atoms with Crippen LogP contribution >= 0.6 is 0 Å². The van der Waals surface area contributed by atoms with E-state index in [-0.39, 0.29) is 30.8 Å². The zero-order chi connectivity index (χ0) is 12.8. The van der Waals surface area contributed by atoms with Crippen molar-refractivity contribution in [3.63, 3.8) is 0 Å². The average Bonchev–Trinajstić information content (AvgIpc) is 2.26. The number of aliphatic hydroxyl groups excluding tert-OH is 1. The lowest BCUT2D eigenvalue weighted by Gasteiger charge is -2.05. The van der Waals surface area contributed by atoms with Gasteiger partial charge in [-0.3, -0.25) is 14.9 Å². The second kappa shape index (κ2) is 5.90. The second-order valence-corrected chi connectivity index (χ2v) is 3.29. The molecule has 1 rings (SSSR count). The molecule has 1 amide bonds. The third-order valence-corrected chi connectivity index (χ3v) is 1.99. The van der Waals surface area contributed by atoms with E-state index < -0.39 is 16.6 Å². The third-order valence-electron chi connectivity index (χ3n) is 1.99. The number of benzene rings is 1. The van der Waals surface area contributed by atoms with Gasteiger partial charge in [0.1, 0.15) is 11.5 Å². The van der Waals surface area contributed by atoms with Gasteiger partial charge in [-0.05, 0) is 12.5 Å². The minimum Gasteiger partial charge on any atom is -0.396 e. The fourth-order valence-electron chi connectivity index (χ4n) is 1.22. The van der Waals surface area contributed by atoms with Crippen LogP contribution in [0.1, 0.15) is 12.8 Å². The summed E-state index contributed by atoms with van der Waals surface area (Å²) in [5, 5.41) is 21.4. The molecule has 7 heteroatoms. The van der Waals surface area contributed by atoms with Crippen LogP contribution in [0.15, 0.2) is 18.2 Å². The molecule has 0 heterocycles. The Labute approximate surface area is 96.2 Å². The number of hydrogen-bond acceptors (Lipinski definition) is 4. The molecule has 6 nitrogen and oxygen atoms in total. The monoisotopic (exact) mass is 242 g/mol. The van der Waals surface area contributed by atoms with E-state index >= 15 is 0 Å². The van der Waals surface area contributed by atoms with Gasteiger partial charge >= 0.3 is 0 Å². The number of halogens is 1. The Morgan fingerprint density at radius 1 is 1.53 bits per heavy atom. The van der Waals surface area contributed by atoms with Crippen LogP contribution < -0.4 is 5.32 Å². The SMILES string of the molecule is O=C(CCCO)Nc1cc(F)ccc1[N+](=O)[O-]. The van der Waals surface area contributed by atoms with Crippen LogP contribution in [0, 0.1) is 15.9 Å². The Balaban J connectivity index is 2.85. The van der Waals surface area contributed by atoms with Crippen molar-refractivity contribution in [1.29, 1.82) is 0 Å². The summed E-state index contributed by atoms with van der Waals surface area (Å²) < 4.78 is 12.9. The van der Waals surface area contributed by atoms with Crippen molar-refractivity contribution in [1.82, 2.24) is 0 Å². The van der Waals surface area contributed by atoms with Crippen molar-refractivity contribution >= 4 is 17.3 Å². The first-order valence-electron chi connectivity index (χ1n) is 4.89. The molecular weight excluding hydrogens is 231 g/mol. The number of amides is 1. The van der Waals surface area contributed by atoms with Crippen LogP contribution in [0.2, 0.25) is 0 Å². The first-order valence-corrected chi connectivity index (χ1v) is 4.89. The maximum atomic E-state index is 12.9. The van der Waals surface area contributed by atoms with Crippen molar-refractivity contribution in [2.24, 2.45) is 0 Å². The van der Waals surface area contributed by atoms with Gasteiger partial charge in [0.25, 0.3) is 5.69 Å². The topological polar surface area (TPSA) is 92.5 Å². The molecule has 2 N–H and O–H groups in total. The highest BCUT2D eigenvalue weighted by molar-refractivity contribution is 5.93. The molecule has 0 saturated heterocycles. The summed E-state index contributed by atoms with van der Waals surface area (Å²) >= 11 is 0. The molecule has 0 spiro atoms. The zero-order valence-electron chi connectivity index (χ0n) is 8.85. The van der Waals surface area contributed by atoms with E-state index in [1.807, 2.05) is 0 Å². The molecular formula is C10H11FN2O4. The van der Waals surface area contributed by atoms with Gasteiger partial charge < -0.3 is 10.4 Å². The lowest BCUT2D eigenvalue weighted by atomic mass is 10.2. The number of carbonyl (C=O) groups excluding carboxylic acids is 1. The minimum absolute atomic E-state index is 0.0180. The third kappa shape index (κ3) is 3.80. The van der Waals surface area contributed by atoms with E-state index in [0.29, 0.717) is 0 Å². The number of hydrogen-bond donors (Lipinski definition) is 2. The van der Waals surface area contributed by atoms with Crippen LogP contribution in [-0.4, -0.2) is 22.5 Å². The molecule has 17 heavy (non-hydrogen) atoms. The molecule has 0 saturated carbocycles. The minimum atomic E-state index is -0.707. The molecule has 0 bridgehead atoms. The van der Waals surface area contributed by atoms with Gasteiger partial charge in [-0.2, -0.15) is 0 Å². The Kier molecular flexibility index (Phi) is 4.53. The molecule has 92 valence electrons. The highest BCUT2D eigenvalue weighted by atomic mass is 19.1. The summed E-state index contributed by atoms with van der Waals surface area (Å²) in [6.07, 6.45) is 0.263. The van der Waals surface area contributed by atoms with Crippen molar-refractivity contribution in [3.8, 4) is 0 Å². The number of aliphatic hydroxyl groups is 1. The summed E-state index contributed by atoms with van der Waals surface area (Å²) in [5.41, 5.74) is -0.554. The molecule has 0 atom stereocenters. The number of nitrogens with one attached hydrogen (secondary N) is 1. The molecule has 1 aromatic carbocycles. The Morgan fingerprint density at radius 2 is 2.24 bits per heavy atom. The van der Waals surface area contributed by atoms with Crippen molar-refractivity contribution in [2.75, 3.05) is 11.9 Å². The predicted octanol–water partition coefficient (Wildman–Crippen LogP) is 1.44. The zero-order valence-corrected chi connectivity index (χ0v) is 8.85. The van der Waals surface area contributed by atoms with E-state index in [9.17, 15) is 19.3 Å². The van der Waals surface area contributed by atoms with Gasteiger partial charge in [0.15, 0.2) is 0 Å². The highest BCUT2D eigenvalue weighted by Crippen LogP contribution is 2.24. The van der Waals surface area contributed by atoms with Crippen LogP contribution in [0.4, 0.5) is 15.8 Å². The largest absolute Gasteiger partial charge is 0.396 e. The summed E-state index contributed by atoms with van der Waals surface area (Å²) in [4.78, 5) is 21.2. The maximum absolute atomic E-state index is 12.9. The van der Waals surface area contributed by atoms with Gasteiger partial charge in [0.2, 0.25) is 5.91 Å². The molecule has 0 radical (unpaired) electrons. The van der Waals surface area contributed by atoms with Crippen molar-refractivity contribution < 1.29 is 19.2 Å². The number of carbonyl (C=O) groups is 1. The summed E-state index contributed by atoms with van der Waals surface area (Å²) in [7, 11) is 0. The molecule has 0 aliphatic heterocycles. The molecule has 0 fully saturated rings. The van der Waals surface area contributed by atoms with Crippen LogP contribution in [0.3, 0.4) is 0 Å². The number of nitro groups is 1. The predicted molar refractivity (Wildman–Crippen MR) is 58.0 cm³/mol. The smallest absolute Gasteiger partial charge is 0.292 e. The van der Waals surface area contributed by atoms with Gasteiger partial charge in [-0.1, -0.05) is 0 Å². The Morgan fingerprint density at radius 3 is 2.82 bits per heavy atom. The van der Waals surface area contributed by atoms with Gasteiger partial charge in [-0.25, -0.2) is 4.39 Å². The first kappa shape index (κ1) is 13.0. The molecule has 0 aliphatic carbocycles. The highest BCUT2D eigenvalue weighted by Gasteiger charge is 2.16. The normalized spacial score (nSPS) is 10.0. The molecule has 1 aromatic rings. The Hall–Kier alpha value is -2.02. The van der Waals surface area contributed by atoms with E-state index in [2.05, 4.69) is 5.32 Å². The van der Waals surface area contributed by atoms with Gasteiger partial charge in [0, 0.05) is 25.2 Å². The molecule has 0 aromatic heterocycles. The van der Waals surface area contributed by atoms with Crippen LogP contribution in [-0.2, 0) is 4.79 Å².